The van der Waals surface area contributed by atoms with Gasteiger partial charge in [-0.2, -0.15) is 4.98 Å². The number of methoxy groups -OCH3 is 2. The fourth-order valence-corrected chi connectivity index (χ4v) is 4.28. The lowest BCUT2D eigenvalue weighted by atomic mass is 9.93. The molecule has 3 aromatic carbocycles. The number of benzene rings is 3. The fraction of sp³-hybridized carbons (Fsp3) is 0.179. The smallest absolute Gasteiger partial charge is 0.250 e. The number of hydrogen-bond acceptors (Lipinski definition) is 6. The van der Waals surface area contributed by atoms with Gasteiger partial charge in [0.05, 0.1) is 26.3 Å². The molecular formula is C28H27N5O3. The Hall–Kier alpha value is -4.59. The predicted molar refractivity (Wildman–Crippen MR) is 139 cm³/mol. The molecule has 0 aliphatic carbocycles. The molecule has 0 unspecified atom stereocenters. The van der Waals surface area contributed by atoms with E-state index in [9.17, 15) is 4.79 Å². The summed E-state index contributed by atoms with van der Waals surface area (Å²) in [5.41, 5.74) is 3.14. The summed E-state index contributed by atoms with van der Waals surface area (Å²) in [7, 11) is 3.27. The lowest BCUT2D eigenvalue weighted by Crippen LogP contribution is -2.28. The summed E-state index contributed by atoms with van der Waals surface area (Å²) in [6, 6.07) is 25.6. The zero-order valence-electron chi connectivity index (χ0n) is 20.1. The molecule has 2 heterocycles. The number of amides is 1. The molecule has 0 saturated heterocycles. The van der Waals surface area contributed by atoms with Gasteiger partial charge in [-0.1, -0.05) is 54.6 Å². The number of fused-ring (bicyclic) bond motifs is 1. The van der Waals surface area contributed by atoms with E-state index in [1.165, 1.54) is 6.08 Å². The van der Waals surface area contributed by atoms with Gasteiger partial charge in [-0.15, -0.1) is 5.10 Å². The summed E-state index contributed by atoms with van der Waals surface area (Å²) in [5.74, 6) is 2.11. The number of ether oxygens (including phenoxy) is 2. The molecule has 36 heavy (non-hydrogen) atoms. The molecule has 8 heteroatoms. The quantitative estimate of drug-likeness (QED) is 0.357. The van der Waals surface area contributed by atoms with Crippen LogP contribution < -0.4 is 20.1 Å². The van der Waals surface area contributed by atoms with E-state index in [-0.39, 0.29) is 23.9 Å². The first-order chi connectivity index (χ1) is 17.6. The van der Waals surface area contributed by atoms with Crippen molar-refractivity contribution in [1.29, 1.82) is 0 Å². The second kappa shape index (κ2) is 10.4. The van der Waals surface area contributed by atoms with Gasteiger partial charge in [-0.05, 0) is 53.5 Å². The maximum absolute atomic E-state index is 12.6. The molecule has 182 valence electrons. The monoisotopic (exact) mass is 481 g/mol. The highest BCUT2D eigenvalue weighted by atomic mass is 16.5. The zero-order chi connectivity index (χ0) is 24.9. The van der Waals surface area contributed by atoms with Gasteiger partial charge in [-0.25, -0.2) is 4.68 Å². The molecule has 5 rings (SSSR count). The third-order valence-electron chi connectivity index (χ3n) is 6.17. The first-order valence-corrected chi connectivity index (χ1v) is 11.7. The molecule has 1 aliphatic rings. The van der Waals surface area contributed by atoms with E-state index in [0.717, 1.165) is 34.6 Å². The molecule has 0 fully saturated rings. The van der Waals surface area contributed by atoms with Crippen LogP contribution in [0.15, 0.2) is 84.9 Å². The van der Waals surface area contributed by atoms with Crippen molar-refractivity contribution in [2.75, 3.05) is 24.9 Å². The molecule has 2 atom stereocenters. The van der Waals surface area contributed by atoms with Crippen LogP contribution in [-0.2, 0) is 4.79 Å². The maximum atomic E-state index is 12.6. The molecule has 2 N–H and O–H groups in total. The molecule has 8 nitrogen and oxygen atoms in total. The summed E-state index contributed by atoms with van der Waals surface area (Å²) >= 11 is 0. The van der Waals surface area contributed by atoms with Crippen LogP contribution in [-0.4, -0.2) is 34.9 Å². The molecule has 1 aliphatic heterocycles. The molecule has 0 radical (unpaired) electrons. The van der Waals surface area contributed by atoms with Gasteiger partial charge >= 0.3 is 0 Å². The van der Waals surface area contributed by atoms with Gasteiger partial charge in [0.15, 0.2) is 0 Å². The highest BCUT2D eigenvalue weighted by molar-refractivity contribution is 6.00. The molecule has 1 amide bonds. The topological polar surface area (TPSA) is 90.3 Å². The highest BCUT2D eigenvalue weighted by Crippen LogP contribution is 2.38. The minimum absolute atomic E-state index is 0.0244. The average Bonchev–Trinajstić information content (AvgIpc) is 3.34. The summed E-state index contributed by atoms with van der Waals surface area (Å²) in [6.07, 6.45) is 3.97. The average molecular weight is 482 g/mol. The first-order valence-electron chi connectivity index (χ1n) is 11.7. The Labute approximate surface area is 209 Å². The molecule has 0 saturated carbocycles. The number of rotatable bonds is 7. The standard InChI is InChI=1S/C28H27N5O3/c1-35-22-13-8-19(9-14-22)10-17-26(34)30-27-31-28-29-24(20-11-15-23(36-2)16-12-20)18-25(33(28)32-27)21-6-4-3-5-7-21/h3-17,24-25H,18H2,1-2H3,(H2,29,30,31,32,34)/b17-10+/t24-,25-/m1/s1. The maximum Gasteiger partial charge on any atom is 0.250 e. The largest absolute Gasteiger partial charge is 0.497 e. The van der Waals surface area contributed by atoms with Crippen molar-refractivity contribution in [3.8, 4) is 11.5 Å². The Morgan fingerprint density at radius 1 is 0.944 bits per heavy atom. The zero-order valence-corrected chi connectivity index (χ0v) is 20.1. The number of nitrogens with one attached hydrogen (secondary N) is 2. The van der Waals surface area contributed by atoms with E-state index in [0.29, 0.717) is 5.95 Å². The van der Waals surface area contributed by atoms with Crippen molar-refractivity contribution in [1.82, 2.24) is 14.8 Å². The third kappa shape index (κ3) is 5.07. The summed E-state index contributed by atoms with van der Waals surface area (Å²) < 4.78 is 12.3. The van der Waals surface area contributed by atoms with E-state index in [2.05, 4.69) is 45.0 Å². The molecule has 0 bridgehead atoms. The van der Waals surface area contributed by atoms with E-state index in [4.69, 9.17) is 9.47 Å². The van der Waals surface area contributed by atoms with Gasteiger partial charge in [0, 0.05) is 6.08 Å². The Balaban J connectivity index is 1.37. The van der Waals surface area contributed by atoms with Crippen LogP contribution in [0.2, 0.25) is 0 Å². The van der Waals surface area contributed by atoms with Gasteiger partial charge in [0.25, 0.3) is 11.9 Å². The van der Waals surface area contributed by atoms with Crippen molar-refractivity contribution in [3.05, 3.63) is 102 Å². The Bertz CT molecular complexity index is 1350. The second-order valence-electron chi connectivity index (χ2n) is 8.43. The van der Waals surface area contributed by atoms with E-state index < -0.39 is 0 Å². The minimum atomic E-state index is -0.309. The molecular weight excluding hydrogens is 454 g/mol. The number of hydrogen-bond donors (Lipinski definition) is 2. The number of nitrogens with zero attached hydrogens (tertiary/aromatic N) is 3. The Kier molecular flexibility index (Phi) is 6.66. The molecule has 0 spiro atoms. The number of carbonyl (C=O) groups excluding carboxylic acids is 1. The first kappa shape index (κ1) is 23.2. The van der Waals surface area contributed by atoms with Crippen LogP contribution in [0, 0.1) is 0 Å². The number of aromatic nitrogens is 3. The van der Waals surface area contributed by atoms with Crippen molar-refractivity contribution < 1.29 is 14.3 Å². The van der Waals surface area contributed by atoms with Crippen molar-refractivity contribution in [2.45, 2.75) is 18.5 Å². The van der Waals surface area contributed by atoms with E-state index in [1.807, 2.05) is 59.3 Å². The lowest BCUT2D eigenvalue weighted by molar-refractivity contribution is -0.111. The number of carbonyl (C=O) groups is 1. The van der Waals surface area contributed by atoms with Crippen LogP contribution in [0.5, 0.6) is 11.5 Å². The summed E-state index contributed by atoms with van der Waals surface area (Å²) in [6.45, 7) is 0. The Morgan fingerprint density at radius 3 is 2.28 bits per heavy atom. The predicted octanol–water partition coefficient (Wildman–Crippen LogP) is 5.09. The highest BCUT2D eigenvalue weighted by Gasteiger charge is 2.31. The second-order valence-corrected chi connectivity index (χ2v) is 8.43. The van der Waals surface area contributed by atoms with Crippen LogP contribution in [0.4, 0.5) is 11.9 Å². The fourth-order valence-electron chi connectivity index (χ4n) is 4.28. The van der Waals surface area contributed by atoms with E-state index in [1.54, 1.807) is 20.3 Å². The van der Waals surface area contributed by atoms with E-state index >= 15 is 0 Å². The van der Waals surface area contributed by atoms with Crippen LogP contribution in [0.3, 0.4) is 0 Å². The van der Waals surface area contributed by atoms with Gasteiger partial charge in [0.2, 0.25) is 5.95 Å². The normalized spacial score (nSPS) is 16.7. The van der Waals surface area contributed by atoms with Crippen LogP contribution in [0.1, 0.15) is 35.2 Å². The minimum Gasteiger partial charge on any atom is -0.497 e. The van der Waals surface area contributed by atoms with Gasteiger partial charge < -0.3 is 14.8 Å². The van der Waals surface area contributed by atoms with Crippen molar-refractivity contribution in [2.24, 2.45) is 0 Å². The van der Waals surface area contributed by atoms with Crippen LogP contribution >= 0.6 is 0 Å². The van der Waals surface area contributed by atoms with Gasteiger partial charge in [0.1, 0.15) is 11.5 Å². The number of anilines is 2. The van der Waals surface area contributed by atoms with Crippen LogP contribution in [0.25, 0.3) is 6.08 Å². The molecule has 4 aromatic rings. The third-order valence-corrected chi connectivity index (χ3v) is 6.17. The summed E-state index contributed by atoms with van der Waals surface area (Å²) in [4.78, 5) is 17.2. The van der Waals surface area contributed by atoms with Crippen molar-refractivity contribution in [3.63, 3.8) is 0 Å². The Morgan fingerprint density at radius 2 is 1.61 bits per heavy atom. The van der Waals surface area contributed by atoms with Gasteiger partial charge in [-0.3, -0.25) is 10.1 Å². The molecule has 1 aromatic heterocycles. The van der Waals surface area contributed by atoms with Crippen molar-refractivity contribution >= 4 is 23.9 Å². The summed E-state index contributed by atoms with van der Waals surface area (Å²) in [5, 5.41) is 10.9. The lowest BCUT2D eigenvalue weighted by Gasteiger charge is -2.31. The SMILES string of the molecule is COc1ccc(/C=C/C(=O)Nc2nc3n(n2)[C@@H](c2ccccc2)C[C@H](c2ccc(OC)cc2)N3)cc1.